The predicted molar refractivity (Wildman–Crippen MR) is 96.7 cm³/mol. The van der Waals surface area contributed by atoms with Gasteiger partial charge in [-0.25, -0.2) is 4.98 Å². The molecular weight excluding hydrogens is 356 g/mol. The van der Waals surface area contributed by atoms with Gasteiger partial charge in [0.25, 0.3) is 16.1 Å². The number of piperidine rings is 1. The Balaban J connectivity index is 1.82. The highest BCUT2D eigenvalue weighted by atomic mass is 32.2. The van der Waals surface area contributed by atoms with Crippen LogP contribution in [0.2, 0.25) is 0 Å². The number of hydrogen-bond donors (Lipinski definition) is 0. The van der Waals surface area contributed by atoms with Gasteiger partial charge in [-0.1, -0.05) is 6.07 Å². The van der Waals surface area contributed by atoms with Gasteiger partial charge in [0.15, 0.2) is 0 Å². The molecule has 1 aromatic heterocycles. The van der Waals surface area contributed by atoms with Crippen LogP contribution in [0.4, 0.5) is 0 Å². The fraction of sp³-hybridized carbons (Fsp3) is 0.647. The van der Waals surface area contributed by atoms with Gasteiger partial charge in [-0.05, 0) is 30.9 Å². The third-order valence-corrected chi connectivity index (χ3v) is 6.92. The topological polar surface area (TPSA) is 83.0 Å². The molecule has 0 N–H and O–H groups in total. The SMILES string of the molecule is COCc1cccc(C(=O)N2C[C@H]3CC[C@@H]2CN(S(=O)(=O)N(C)C)C3)n1. The zero-order valence-corrected chi connectivity index (χ0v) is 16.3. The van der Waals surface area contributed by atoms with Gasteiger partial charge >= 0.3 is 0 Å². The van der Waals surface area contributed by atoms with Crippen molar-refractivity contribution in [2.45, 2.75) is 25.5 Å². The number of ether oxygens (including phenoxy) is 1. The minimum Gasteiger partial charge on any atom is -0.378 e. The summed E-state index contributed by atoms with van der Waals surface area (Å²) in [5.74, 6) is 0.0105. The number of aromatic nitrogens is 1. The van der Waals surface area contributed by atoms with Crippen LogP contribution in [0.25, 0.3) is 0 Å². The predicted octanol–water partition coefficient (Wildman–Crippen LogP) is 0.571. The van der Waals surface area contributed by atoms with E-state index >= 15 is 0 Å². The number of fused-ring (bicyclic) bond motifs is 4. The number of nitrogens with zero attached hydrogens (tertiary/aromatic N) is 4. The maximum atomic E-state index is 13.0. The molecule has 1 amide bonds. The number of methoxy groups -OCH3 is 1. The second-order valence-corrected chi connectivity index (χ2v) is 9.25. The molecule has 3 aliphatic heterocycles. The largest absolute Gasteiger partial charge is 0.378 e. The first-order valence-corrected chi connectivity index (χ1v) is 10.2. The van der Waals surface area contributed by atoms with E-state index < -0.39 is 10.2 Å². The zero-order valence-electron chi connectivity index (χ0n) is 15.5. The Morgan fingerprint density at radius 3 is 2.73 bits per heavy atom. The number of carbonyl (C=O) groups excluding carboxylic acids is 1. The lowest BCUT2D eigenvalue weighted by Crippen LogP contribution is -2.48. The van der Waals surface area contributed by atoms with Gasteiger partial charge in [0.2, 0.25) is 0 Å². The average molecular weight is 382 g/mol. The van der Waals surface area contributed by atoms with E-state index in [2.05, 4.69) is 4.98 Å². The summed E-state index contributed by atoms with van der Waals surface area (Å²) in [6.45, 7) is 1.71. The lowest BCUT2D eigenvalue weighted by Gasteiger charge is -2.36. The number of hydrogen-bond acceptors (Lipinski definition) is 5. The van der Waals surface area contributed by atoms with Gasteiger partial charge in [0, 0.05) is 46.9 Å². The number of rotatable bonds is 5. The Kier molecular flexibility index (Phi) is 5.61. The highest BCUT2D eigenvalue weighted by Crippen LogP contribution is 2.30. The van der Waals surface area contributed by atoms with Crippen molar-refractivity contribution in [3.8, 4) is 0 Å². The lowest BCUT2D eigenvalue weighted by atomic mass is 9.94. The molecule has 0 radical (unpaired) electrons. The number of pyridine rings is 1. The van der Waals surface area contributed by atoms with Crippen LogP contribution >= 0.6 is 0 Å². The van der Waals surface area contributed by atoms with Crippen LogP contribution in [-0.2, 0) is 21.6 Å². The Bertz CT molecular complexity index is 768. The van der Waals surface area contributed by atoms with Crippen LogP contribution in [0.3, 0.4) is 0 Å². The van der Waals surface area contributed by atoms with Crippen LogP contribution in [0.1, 0.15) is 29.0 Å². The van der Waals surface area contributed by atoms with Crippen molar-refractivity contribution >= 4 is 16.1 Å². The van der Waals surface area contributed by atoms with Gasteiger partial charge in [-0.15, -0.1) is 0 Å². The molecule has 0 aromatic carbocycles. The summed E-state index contributed by atoms with van der Waals surface area (Å²) in [4.78, 5) is 19.2. The molecule has 0 unspecified atom stereocenters. The molecule has 26 heavy (non-hydrogen) atoms. The second-order valence-electron chi connectivity index (χ2n) is 7.11. The molecule has 3 saturated heterocycles. The maximum absolute atomic E-state index is 13.0. The van der Waals surface area contributed by atoms with E-state index in [0.29, 0.717) is 37.6 Å². The molecule has 3 fully saturated rings. The molecule has 1 aromatic rings. The lowest BCUT2D eigenvalue weighted by molar-refractivity contribution is 0.0581. The molecular formula is C17H26N4O4S. The molecule has 0 saturated carbocycles. The highest BCUT2D eigenvalue weighted by Gasteiger charge is 2.41. The van der Waals surface area contributed by atoms with E-state index in [-0.39, 0.29) is 17.9 Å². The summed E-state index contributed by atoms with van der Waals surface area (Å²) in [7, 11) is 1.18. The quantitative estimate of drug-likeness (QED) is 0.744. The number of carbonyl (C=O) groups is 1. The summed E-state index contributed by atoms with van der Waals surface area (Å²) < 4.78 is 32.9. The van der Waals surface area contributed by atoms with Crippen LogP contribution < -0.4 is 0 Å². The molecule has 3 aliphatic rings. The maximum Gasteiger partial charge on any atom is 0.281 e. The molecule has 0 aliphatic carbocycles. The third kappa shape index (κ3) is 3.75. The van der Waals surface area contributed by atoms with Crippen molar-refractivity contribution in [2.24, 2.45) is 5.92 Å². The third-order valence-electron chi connectivity index (χ3n) is 5.05. The van der Waals surface area contributed by atoms with Gasteiger partial charge in [-0.3, -0.25) is 4.79 Å². The smallest absolute Gasteiger partial charge is 0.281 e. The molecule has 144 valence electrons. The van der Waals surface area contributed by atoms with Gasteiger partial charge < -0.3 is 9.64 Å². The highest BCUT2D eigenvalue weighted by molar-refractivity contribution is 7.86. The normalized spacial score (nSPS) is 24.1. The fourth-order valence-corrected chi connectivity index (χ4v) is 4.90. The minimum absolute atomic E-state index is 0.121. The van der Waals surface area contributed by atoms with Crippen molar-refractivity contribution in [3.05, 3.63) is 29.6 Å². The first kappa shape index (κ1) is 19.2. The van der Waals surface area contributed by atoms with E-state index in [4.69, 9.17) is 4.74 Å². The van der Waals surface area contributed by atoms with Gasteiger partial charge in [-0.2, -0.15) is 17.0 Å². The van der Waals surface area contributed by atoms with Crippen LogP contribution in [-0.4, -0.2) is 79.7 Å². The molecule has 9 heteroatoms. The molecule has 2 atom stereocenters. The summed E-state index contributed by atoms with van der Waals surface area (Å²) in [5.41, 5.74) is 1.09. The Morgan fingerprint density at radius 1 is 1.27 bits per heavy atom. The molecule has 2 bridgehead atoms. The molecule has 8 nitrogen and oxygen atoms in total. The van der Waals surface area contributed by atoms with Crippen molar-refractivity contribution in [1.82, 2.24) is 18.5 Å². The Labute approximate surface area is 154 Å². The standard InChI is InChI=1S/C17H26N4O4S/c1-19(2)26(23,24)20-9-13-7-8-15(11-20)21(10-13)17(22)16-6-4-5-14(18-16)12-25-3/h4-6,13,15H,7-12H2,1-3H3/t13-,15+/m0/s1. The first-order chi connectivity index (χ1) is 12.3. The summed E-state index contributed by atoms with van der Waals surface area (Å²) in [6.07, 6.45) is 1.75. The van der Waals surface area contributed by atoms with Crippen molar-refractivity contribution < 1.29 is 17.9 Å². The van der Waals surface area contributed by atoms with E-state index in [1.54, 1.807) is 24.1 Å². The van der Waals surface area contributed by atoms with E-state index in [1.165, 1.54) is 22.7 Å². The Hall–Kier alpha value is -1.55. The van der Waals surface area contributed by atoms with E-state index in [1.807, 2.05) is 6.07 Å². The van der Waals surface area contributed by atoms with E-state index in [0.717, 1.165) is 12.8 Å². The van der Waals surface area contributed by atoms with Crippen LogP contribution in [0, 0.1) is 5.92 Å². The Morgan fingerprint density at radius 2 is 2.04 bits per heavy atom. The summed E-state index contributed by atoms with van der Waals surface area (Å²) in [6, 6.07) is 5.20. The fourth-order valence-electron chi connectivity index (χ4n) is 3.68. The molecule has 4 heterocycles. The van der Waals surface area contributed by atoms with Gasteiger partial charge in [0.05, 0.1) is 12.3 Å². The van der Waals surface area contributed by atoms with Crippen LogP contribution in [0.5, 0.6) is 0 Å². The summed E-state index contributed by atoms with van der Waals surface area (Å²) >= 11 is 0. The average Bonchev–Trinajstić information content (AvgIpc) is 2.94. The molecule has 4 rings (SSSR count). The summed E-state index contributed by atoms with van der Waals surface area (Å²) in [5, 5.41) is 0. The van der Waals surface area contributed by atoms with Crippen LogP contribution in [0.15, 0.2) is 18.2 Å². The molecule has 0 spiro atoms. The van der Waals surface area contributed by atoms with Gasteiger partial charge in [0.1, 0.15) is 5.69 Å². The number of amides is 1. The first-order valence-electron chi connectivity index (χ1n) is 8.76. The van der Waals surface area contributed by atoms with E-state index in [9.17, 15) is 13.2 Å². The van der Waals surface area contributed by atoms with Crippen molar-refractivity contribution in [1.29, 1.82) is 0 Å². The van der Waals surface area contributed by atoms with Crippen molar-refractivity contribution in [3.63, 3.8) is 0 Å². The zero-order chi connectivity index (χ0) is 18.9. The van der Waals surface area contributed by atoms with Crippen molar-refractivity contribution in [2.75, 3.05) is 40.8 Å². The monoisotopic (exact) mass is 382 g/mol. The second kappa shape index (κ2) is 7.59. The minimum atomic E-state index is -3.48.